The highest BCUT2D eigenvalue weighted by molar-refractivity contribution is 6.31. The molecule has 2 atom stereocenters. The van der Waals surface area contributed by atoms with Crippen molar-refractivity contribution < 1.29 is 5.11 Å². The summed E-state index contributed by atoms with van der Waals surface area (Å²) in [6, 6.07) is 8.03. The van der Waals surface area contributed by atoms with Gasteiger partial charge in [0.15, 0.2) is 0 Å². The fraction of sp³-hybridized carbons (Fsp3) is 0.600. The second-order valence-electron chi connectivity index (χ2n) is 5.66. The van der Waals surface area contributed by atoms with Crippen molar-refractivity contribution in [2.75, 3.05) is 19.6 Å². The van der Waals surface area contributed by atoms with Crippen molar-refractivity contribution in [1.82, 2.24) is 4.90 Å². The zero-order chi connectivity index (χ0) is 13.9. The van der Waals surface area contributed by atoms with Gasteiger partial charge >= 0.3 is 0 Å². The zero-order valence-electron chi connectivity index (χ0n) is 11.5. The van der Waals surface area contributed by atoms with Crippen LogP contribution in [0.4, 0.5) is 0 Å². The minimum Gasteiger partial charge on any atom is -0.390 e. The highest BCUT2D eigenvalue weighted by Crippen LogP contribution is 2.30. The number of aliphatic hydroxyl groups is 1. The van der Waals surface area contributed by atoms with E-state index in [1.54, 1.807) is 0 Å². The molecule has 0 radical (unpaired) electrons. The van der Waals surface area contributed by atoms with Gasteiger partial charge in [0.25, 0.3) is 0 Å². The van der Waals surface area contributed by atoms with E-state index in [2.05, 4.69) is 4.90 Å². The third-order valence-corrected chi connectivity index (χ3v) is 4.37. The van der Waals surface area contributed by atoms with Crippen LogP contribution >= 0.6 is 11.6 Å². The smallest absolute Gasteiger partial charge is 0.0632 e. The van der Waals surface area contributed by atoms with Gasteiger partial charge in [-0.3, -0.25) is 4.90 Å². The zero-order valence-corrected chi connectivity index (χ0v) is 12.2. The first-order valence-electron chi connectivity index (χ1n) is 6.94. The summed E-state index contributed by atoms with van der Waals surface area (Å²) in [4.78, 5) is 2.35. The van der Waals surface area contributed by atoms with Crippen LogP contribution in [0.5, 0.6) is 0 Å². The SMILES string of the molecule is CC1(O)CCCN(C(CN)c2ccccc2Cl)CC1. The highest BCUT2D eigenvalue weighted by Gasteiger charge is 2.29. The number of likely N-dealkylation sites (tertiary alicyclic amines) is 1. The Kier molecular flexibility index (Phi) is 4.85. The van der Waals surface area contributed by atoms with E-state index in [-0.39, 0.29) is 6.04 Å². The molecule has 2 unspecified atom stereocenters. The lowest BCUT2D eigenvalue weighted by atomic mass is 9.98. The quantitative estimate of drug-likeness (QED) is 0.896. The van der Waals surface area contributed by atoms with Crippen molar-refractivity contribution >= 4 is 11.6 Å². The van der Waals surface area contributed by atoms with Crippen molar-refractivity contribution in [3.8, 4) is 0 Å². The number of nitrogens with two attached hydrogens (primary N) is 1. The summed E-state index contributed by atoms with van der Waals surface area (Å²) >= 11 is 6.28. The Bertz CT molecular complexity index is 422. The summed E-state index contributed by atoms with van der Waals surface area (Å²) in [6.45, 7) is 4.29. The monoisotopic (exact) mass is 282 g/mol. The Morgan fingerprint density at radius 1 is 1.37 bits per heavy atom. The van der Waals surface area contributed by atoms with Crippen LogP contribution in [-0.4, -0.2) is 35.2 Å². The standard InChI is InChI=1S/C15H23ClN2O/c1-15(19)7-4-9-18(10-8-15)14(11-17)12-5-2-3-6-13(12)16/h2-3,5-6,14,19H,4,7-11,17H2,1H3. The molecule has 0 aromatic heterocycles. The van der Waals surface area contributed by atoms with Gasteiger partial charge in [-0.15, -0.1) is 0 Å². The molecule has 1 aromatic carbocycles. The normalized spacial score (nSPS) is 26.9. The molecule has 3 N–H and O–H groups in total. The number of hydrogen-bond donors (Lipinski definition) is 2. The predicted molar refractivity (Wildman–Crippen MR) is 79.3 cm³/mol. The van der Waals surface area contributed by atoms with E-state index in [0.717, 1.165) is 42.9 Å². The fourth-order valence-electron chi connectivity index (χ4n) is 2.81. The first-order chi connectivity index (χ1) is 9.03. The minimum absolute atomic E-state index is 0.141. The lowest BCUT2D eigenvalue weighted by Crippen LogP contribution is -2.35. The molecule has 0 aliphatic carbocycles. The van der Waals surface area contributed by atoms with Crippen molar-refractivity contribution in [3.63, 3.8) is 0 Å². The van der Waals surface area contributed by atoms with Crippen LogP contribution < -0.4 is 5.73 Å². The molecular formula is C15H23ClN2O. The molecule has 0 bridgehead atoms. The second-order valence-corrected chi connectivity index (χ2v) is 6.07. The maximum atomic E-state index is 10.2. The minimum atomic E-state index is -0.547. The molecule has 1 heterocycles. The van der Waals surface area contributed by atoms with E-state index >= 15 is 0 Å². The van der Waals surface area contributed by atoms with Crippen LogP contribution in [0.25, 0.3) is 0 Å². The maximum Gasteiger partial charge on any atom is 0.0632 e. The average molecular weight is 283 g/mol. The van der Waals surface area contributed by atoms with Gasteiger partial charge < -0.3 is 10.8 Å². The van der Waals surface area contributed by atoms with Gasteiger partial charge in [-0.2, -0.15) is 0 Å². The van der Waals surface area contributed by atoms with E-state index in [1.165, 1.54) is 0 Å². The largest absolute Gasteiger partial charge is 0.390 e. The maximum absolute atomic E-state index is 10.2. The van der Waals surface area contributed by atoms with Crippen molar-refractivity contribution in [3.05, 3.63) is 34.9 Å². The average Bonchev–Trinajstić information content (AvgIpc) is 2.54. The summed E-state index contributed by atoms with van der Waals surface area (Å²) in [5.41, 5.74) is 6.50. The van der Waals surface area contributed by atoms with Crippen LogP contribution in [-0.2, 0) is 0 Å². The highest BCUT2D eigenvalue weighted by atomic mass is 35.5. The topological polar surface area (TPSA) is 49.5 Å². The van der Waals surface area contributed by atoms with Gasteiger partial charge in [0.05, 0.1) is 5.60 Å². The summed E-state index contributed by atoms with van der Waals surface area (Å²) < 4.78 is 0. The number of nitrogens with zero attached hydrogens (tertiary/aromatic N) is 1. The second kappa shape index (κ2) is 6.23. The molecule has 2 rings (SSSR count). The molecule has 19 heavy (non-hydrogen) atoms. The third kappa shape index (κ3) is 3.69. The molecule has 0 amide bonds. The molecule has 0 saturated carbocycles. The summed E-state index contributed by atoms with van der Waals surface area (Å²) in [5, 5.41) is 10.9. The van der Waals surface area contributed by atoms with E-state index in [9.17, 15) is 5.11 Å². The van der Waals surface area contributed by atoms with Crippen molar-refractivity contribution in [2.24, 2.45) is 5.73 Å². The lowest BCUT2D eigenvalue weighted by Gasteiger charge is -2.31. The molecule has 106 valence electrons. The van der Waals surface area contributed by atoms with Crippen LogP contribution in [0.1, 0.15) is 37.8 Å². The Hall–Kier alpha value is -0.610. The van der Waals surface area contributed by atoms with E-state index in [0.29, 0.717) is 6.54 Å². The molecule has 0 spiro atoms. The summed E-state index contributed by atoms with van der Waals surface area (Å²) in [6.07, 6.45) is 2.63. The molecule has 1 saturated heterocycles. The van der Waals surface area contributed by atoms with Crippen LogP contribution in [0.2, 0.25) is 5.02 Å². The molecule has 4 heteroatoms. The van der Waals surface area contributed by atoms with Crippen molar-refractivity contribution in [1.29, 1.82) is 0 Å². The van der Waals surface area contributed by atoms with Gasteiger partial charge in [-0.1, -0.05) is 29.8 Å². The Labute approximate surface area is 120 Å². The first-order valence-corrected chi connectivity index (χ1v) is 7.32. The Morgan fingerprint density at radius 3 is 2.79 bits per heavy atom. The molecule has 1 aliphatic heterocycles. The third-order valence-electron chi connectivity index (χ3n) is 4.03. The van der Waals surface area contributed by atoms with Gasteiger partial charge in [0.2, 0.25) is 0 Å². The molecule has 1 fully saturated rings. The van der Waals surface area contributed by atoms with E-state index in [4.69, 9.17) is 17.3 Å². The number of hydrogen-bond acceptors (Lipinski definition) is 3. The number of rotatable bonds is 3. The van der Waals surface area contributed by atoms with Crippen molar-refractivity contribution in [2.45, 2.75) is 37.8 Å². The summed E-state index contributed by atoms with van der Waals surface area (Å²) in [7, 11) is 0. The summed E-state index contributed by atoms with van der Waals surface area (Å²) in [5.74, 6) is 0. The molecule has 3 nitrogen and oxygen atoms in total. The Morgan fingerprint density at radius 2 is 2.11 bits per heavy atom. The van der Waals surface area contributed by atoms with E-state index in [1.807, 2.05) is 31.2 Å². The van der Waals surface area contributed by atoms with Crippen LogP contribution in [0.3, 0.4) is 0 Å². The van der Waals surface area contributed by atoms with Gasteiger partial charge in [-0.25, -0.2) is 0 Å². The molecule has 1 aliphatic rings. The molecular weight excluding hydrogens is 260 g/mol. The fourth-order valence-corrected chi connectivity index (χ4v) is 3.08. The predicted octanol–water partition coefficient (Wildman–Crippen LogP) is 2.58. The van der Waals surface area contributed by atoms with Crippen LogP contribution in [0, 0.1) is 0 Å². The van der Waals surface area contributed by atoms with Crippen LogP contribution in [0.15, 0.2) is 24.3 Å². The molecule has 1 aromatic rings. The number of benzene rings is 1. The van der Waals surface area contributed by atoms with Gasteiger partial charge in [-0.05, 0) is 44.4 Å². The van der Waals surface area contributed by atoms with Gasteiger partial charge in [0.1, 0.15) is 0 Å². The lowest BCUT2D eigenvalue weighted by molar-refractivity contribution is 0.0431. The van der Waals surface area contributed by atoms with E-state index < -0.39 is 5.60 Å². The first kappa shape index (κ1) is 14.8. The Balaban J connectivity index is 2.16. The number of halogens is 1. The van der Waals surface area contributed by atoms with Gasteiger partial charge in [0, 0.05) is 24.2 Å².